The van der Waals surface area contributed by atoms with Gasteiger partial charge in [-0.1, -0.05) is 70.7 Å². The molecule has 0 bridgehead atoms. The summed E-state index contributed by atoms with van der Waals surface area (Å²) in [4.78, 5) is 0. The Morgan fingerprint density at radius 3 is 1.62 bits per heavy atom. The van der Waals surface area contributed by atoms with Gasteiger partial charge in [-0.25, -0.2) is 0 Å². The zero-order valence-electron chi connectivity index (χ0n) is 17.6. The van der Waals surface area contributed by atoms with E-state index in [0.29, 0.717) is 0 Å². The predicted octanol–water partition coefficient (Wildman–Crippen LogP) is 7.16. The molecule has 3 nitrogen and oxygen atoms in total. The van der Waals surface area contributed by atoms with Crippen LogP contribution in [-0.4, -0.2) is 40.1 Å². The van der Waals surface area contributed by atoms with Crippen LogP contribution >= 0.6 is 7.26 Å². The van der Waals surface area contributed by atoms with Gasteiger partial charge in [0.15, 0.2) is 0 Å². The highest BCUT2D eigenvalue weighted by Gasteiger charge is 2.24. The lowest BCUT2D eigenvalue weighted by molar-refractivity contribution is 0.814. The van der Waals surface area contributed by atoms with E-state index in [-0.39, 0.29) is 0 Å². The molecule has 0 fully saturated rings. The fraction of sp³-hybridized carbons (Fsp3) is 0.727. The molecule has 0 amide bonds. The first-order chi connectivity index (χ1) is 12.7. The number of benzene rings is 1. The third-order valence-electron chi connectivity index (χ3n) is 5.18. The van der Waals surface area contributed by atoms with Crippen LogP contribution in [0.25, 0.3) is 11.0 Å². The zero-order valence-corrected chi connectivity index (χ0v) is 18.5. The van der Waals surface area contributed by atoms with Crippen LogP contribution in [-0.2, 0) is 0 Å². The summed E-state index contributed by atoms with van der Waals surface area (Å²) < 4.78 is 0. The van der Waals surface area contributed by atoms with Crippen LogP contribution in [0, 0.1) is 0 Å². The van der Waals surface area contributed by atoms with Gasteiger partial charge in [-0.05, 0) is 62.5 Å². The van der Waals surface area contributed by atoms with Gasteiger partial charge in [-0.15, -0.1) is 12.4 Å². The van der Waals surface area contributed by atoms with E-state index in [1.165, 1.54) is 51.4 Å². The highest BCUT2D eigenvalue weighted by Crippen LogP contribution is 2.61. The van der Waals surface area contributed by atoms with Crippen LogP contribution in [0.1, 0.15) is 79.1 Å². The Morgan fingerprint density at radius 2 is 1.19 bits per heavy atom. The Bertz CT molecular complexity index is 500. The molecule has 1 heterocycles. The van der Waals surface area contributed by atoms with Gasteiger partial charge in [0.25, 0.3) is 0 Å². The topological polar surface area (TPSA) is 41.6 Å². The van der Waals surface area contributed by atoms with Crippen LogP contribution in [0.3, 0.4) is 0 Å². The van der Waals surface area contributed by atoms with Crippen molar-refractivity contribution in [3.63, 3.8) is 0 Å². The fourth-order valence-corrected chi connectivity index (χ4v) is 8.72. The van der Waals surface area contributed by atoms with E-state index in [4.69, 9.17) is 0 Å². The molecule has 0 aliphatic rings. The van der Waals surface area contributed by atoms with Crippen LogP contribution in [0.15, 0.2) is 24.3 Å². The maximum absolute atomic E-state index is 3.81. The van der Waals surface area contributed by atoms with Gasteiger partial charge in [0, 0.05) is 0 Å². The average Bonchev–Trinajstić information content (AvgIpc) is 3.16. The van der Waals surface area contributed by atoms with E-state index < -0.39 is 7.26 Å². The molecular formula is C22H41N3P. The number of H-pyrrole nitrogens is 1. The SMILES string of the molecule is CCCC[P](CCCC)(CCCC)CCCC.c1ccc2[nH]nnc2c1. The first-order valence-corrected chi connectivity index (χ1v) is 13.3. The molecule has 0 saturated carbocycles. The second-order valence-corrected chi connectivity index (χ2v) is 12.0. The van der Waals surface area contributed by atoms with Gasteiger partial charge in [0.2, 0.25) is 0 Å². The molecule has 1 radical (unpaired) electrons. The predicted molar refractivity (Wildman–Crippen MR) is 120 cm³/mol. The maximum Gasteiger partial charge on any atom is 0.112 e. The molecule has 0 aliphatic carbocycles. The number of para-hydroxylation sites is 1. The van der Waals surface area contributed by atoms with Gasteiger partial charge in [0.05, 0.1) is 5.52 Å². The maximum atomic E-state index is 3.81. The number of hydrogen-bond acceptors (Lipinski definition) is 2. The van der Waals surface area contributed by atoms with E-state index in [1.807, 2.05) is 24.3 Å². The molecule has 1 N–H and O–H groups in total. The second-order valence-electron chi connectivity index (χ2n) is 7.48. The normalized spacial score (nSPS) is 11.4. The Labute approximate surface area is 162 Å². The number of nitrogens with one attached hydrogen (secondary N) is 1. The van der Waals surface area contributed by atoms with Crippen molar-refractivity contribution >= 4 is 18.3 Å². The number of nitrogens with zero attached hydrogens (tertiary/aromatic N) is 2. The highest BCUT2D eigenvalue weighted by molar-refractivity contribution is 7.75. The van der Waals surface area contributed by atoms with Crippen molar-refractivity contribution in [2.45, 2.75) is 79.1 Å². The zero-order chi connectivity index (χ0) is 19.1. The molecule has 26 heavy (non-hydrogen) atoms. The molecule has 0 saturated heterocycles. The summed E-state index contributed by atoms with van der Waals surface area (Å²) in [7, 11) is -0.562. The minimum absolute atomic E-state index is 0.562. The number of aromatic nitrogens is 3. The molecule has 0 unspecified atom stereocenters. The molecule has 0 atom stereocenters. The third-order valence-corrected chi connectivity index (χ3v) is 10.2. The molecule has 0 aliphatic heterocycles. The monoisotopic (exact) mass is 378 g/mol. The molecule has 2 aromatic rings. The lowest BCUT2D eigenvalue weighted by Crippen LogP contribution is -2.12. The lowest BCUT2D eigenvalue weighted by Gasteiger charge is -2.37. The molecule has 0 spiro atoms. The quantitative estimate of drug-likeness (QED) is 0.398. The summed E-state index contributed by atoms with van der Waals surface area (Å²) in [5, 5.41) is 10.2. The molecular weight excluding hydrogens is 337 g/mol. The molecule has 2 rings (SSSR count). The first-order valence-electron chi connectivity index (χ1n) is 10.8. The number of rotatable bonds is 12. The minimum atomic E-state index is -0.562. The summed E-state index contributed by atoms with van der Waals surface area (Å²) in [6.07, 6.45) is 17.9. The van der Waals surface area contributed by atoms with Gasteiger partial charge >= 0.3 is 0 Å². The van der Waals surface area contributed by atoms with E-state index >= 15 is 0 Å². The van der Waals surface area contributed by atoms with Crippen molar-refractivity contribution in [3.05, 3.63) is 24.3 Å². The second kappa shape index (κ2) is 14.2. The smallest absolute Gasteiger partial charge is 0.112 e. The van der Waals surface area contributed by atoms with Crippen molar-refractivity contribution in [2.75, 3.05) is 24.6 Å². The van der Waals surface area contributed by atoms with Crippen LogP contribution in [0.4, 0.5) is 0 Å². The van der Waals surface area contributed by atoms with Gasteiger partial charge in [-0.2, -0.15) is 0 Å². The van der Waals surface area contributed by atoms with Crippen molar-refractivity contribution in [1.29, 1.82) is 0 Å². The third kappa shape index (κ3) is 8.62. The summed E-state index contributed by atoms with van der Waals surface area (Å²) in [6.45, 7) is 9.42. The lowest BCUT2D eigenvalue weighted by atomic mass is 10.3. The Kier molecular flexibility index (Phi) is 12.6. The first kappa shape index (κ1) is 23.1. The molecule has 4 heteroatoms. The van der Waals surface area contributed by atoms with Crippen molar-refractivity contribution in [2.24, 2.45) is 0 Å². The van der Waals surface area contributed by atoms with Crippen LogP contribution in [0.2, 0.25) is 0 Å². The van der Waals surface area contributed by atoms with Crippen molar-refractivity contribution < 1.29 is 0 Å². The van der Waals surface area contributed by atoms with E-state index in [1.54, 1.807) is 24.6 Å². The molecule has 149 valence electrons. The number of unbranched alkanes of at least 4 members (excludes halogenated alkanes) is 4. The summed E-state index contributed by atoms with van der Waals surface area (Å²) >= 11 is 0. The largest absolute Gasteiger partial charge is 0.258 e. The Balaban J connectivity index is 0.000000308. The summed E-state index contributed by atoms with van der Waals surface area (Å²) in [6, 6.07) is 7.74. The standard InChI is InChI=1S/C16H36P.C6H5N3/c1-5-9-13-17(14-10-6-2,15-11-7-3)16-12-8-4;1-2-4-6-5(3-1)7-9-8-6/h5-16H2,1-4H3;1-4H,(H,7,8,9). The average molecular weight is 379 g/mol. The number of aromatic amines is 1. The highest BCUT2D eigenvalue weighted by atomic mass is 31.2. The van der Waals surface area contributed by atoms with E-state index in [0.717, 1.165) is 11.0 Å². The van der Waals surface area contributed by atoms with Crippen LogP contribution < -0.4 is 0 Å². The summed E-state index contributed by atoms with van der Waals surface area (Å²) in [5.41, 5.74) is 1.90. The van der Waals surface area contributed by atoms with E-state index in [2.05, 4.69) is 43.1 Å². The van der Waals surface area contributed by atoms with Crippen molar-refractivity contribution in [1.82, 2.24) is 15.4 Å². The molecule has 1 aromatic carbocycles. The Hall–Kier alpha value is -0.950. The Morgan fingerprint density at radius 1 is 0.731 bits per heavy atom. The molecule has 1 aromatic heterocycles. The fourth-order valence-electron chi connectivity index (χ4n) is 3.43. The van der Waals surface area contributed by atoms with Crippen molar-refractivity contribution in [3.8, 4) is 0 Å². The number of fused-ring (bicyclic) bond motifs is 1. The minimum Gasteiger partial charge on any atom is -0.258 e. The summed E-state index contributed by atoms with van der Waals surface area (Å²) in [5.74, 6) is 0. The van der Waals surface area contributed by atoms with E-state index in [9.17, 15) is 0 Å². The van der Waals surface area contributed by atoms with Gasteiger partial charge in [-0.3, -0.25) is 5.10 Å². The van der Waals surface area contributed by atoms with Gasteiger partial charge < -0.3 is 0 Å². The van der Waals surface area contributed by atoms with Gasteiger partial charge in [0.1, 0.15) is 5.52 Å². The van der Waals surface area contributed by atoms with Crippen LogP contribution in [0.5, 0.6) is 0 Å². The number of hydrogen-bond donors (Lipinski definition) is 1.